The van der Waals surface area contributed by atoms with Crippen LogP contribution in [0.1, 0.15) is 25.5 Å². The second kappa shape index (κ2) is 4.33. The Balaban J connectivity index is 3.12. The quantitative estimate of drug-likeness (QED) is 0.821. The number of hydrogen-bond donors (Lipinski definition) is 1. The average molecular weight is 204 g/mol. The molecule has 0 bridgehead atoms. The lowest BCUT2D eigenvalue weighted by molar-refractivity contribution is 0.362. The minimum absolute atomic E-state index is 0.348. The Morgan fingerprint density at radius 3 is 2.53 bits per heavy atom. The van der Waals surface area contributed by atoms with Gasteiger partial charge >= 0.3 is 0 Å². The first-order valence-electron chi connectivity index (χ1n) is 4.82. The van der Waals surface area contributed by atoms with E-state index in [1.165, 1.54) is 0 Å². The van der Waals surface area contributed by atoms with E-state index in [4.69, 9.17) is 15.7 Å². The van der Waals surface area contributed by atoms with E-state index < -0.39 is 5.41 Å². The normalized spacial score (nSPS) is 13.0. The number of methoxy groups -OCH3 is 1. The van der Waals surface area contributed by atoms with Gasteiger partial charge in [0, 0.05) is 5.56 Å². The second-order valence-electron chi connectivity index (χ2n) is 4.05. The summed E-state index contributed by atoms with van der Waals surface area (Å²) in [4.78, 5) is 0. The molecule has 0 aromatic heterocycles. The van der Waals surface area contributed by atoms with Crippen LogP contribution in [0, 0.1) is 16.7 Å². The van der Waals surface area contributed by atoms with E-state index >= 15 is 0 Å². The molecule has 0 aliphatic rings. The van der Waals surface area contributed by atoms with E-state index in [9.17, 15) is 0 Å². The summed E-state index contributed by atoms with van der Waals surface area (Å²) >= 11 is 0. The van der Waals surface area contributed by atoms with Gasteiger partial charge < -0.3 is 10.5 Å². The van der Waals surface area contributed by atoms with Crippen molar-refractivity contribution in [2.45, 2.75) is 19.9 Å². The van der Waals surface area contributed by atoms with Crippen LogP contribution in [0.3, 0.4) is 0 Å². The number of nitrogens with zero attached hydrogens (tertiary/aromatic N) is 1. The summed E-state index contributed by atoms with van der Waals surface area (Å²) < 4.78 is 5.22. The predicted molar refractivity (Wildman–Crippen MR) is 59.3 cm³/mol. The van der Waals surface area contributed by atoms with E-state index in [1.807, 2.05) is 38.1 Å². The molecule has 2 N–H and O–H groups in total. The highest BCUT2D eigenvalue weighted by Gasteiger charge is 2.29. The zero-order valence-electron chi connectivity index (χ0n) is 9.32. The third-order valence-corrected chi connectivity index (χ3v) is 2.54. The van der Waals surface area contributed by atoms with Crippen molar-refractivity contribution in [3.63, 3.8) is 0 Å². The summed E-state index contributed by atoms with van der Waals surface area (Å²) in [6.07, 6.45) is 0. The Bertz CT molecular complexity index is 379. The van der Waals surface area contributed by atoms with Gasteiger partial charge in [0.25, 0.3) is 0 Å². The minimum Gasteiger partial charge on any atom is -0.496 e. The molecule has 0 aliphatic carbocycles. The van der Waals surface area contributed by atoms with Gasteiger partial charge in [-0.15, -0.1) is 0 Å². The molecule has 3 heteroatoms. The maximum Gasteiger partial charge on any atom is 0.123 e. The number of rotatable bonds is 3. The first-order valence-corrected chi connectivity index (χ1v) is 4.82. The SMILES string of the molecule is COc1ccccc1C(N)C(C)(C)C#N. The number of hydrogen-bond acceptors (Lipinski definition) is 3. The molecule has 0 saturated carbocycles. The maximum absolute atomic E-state index is 9.02. The Morgan fingerprint density at radius 1 is 1.40 bits per heavy atom. The average Bonchev–Trinajstić information content (AvgIpc) is 2.28. The summed E-state index contributed by atoms with van der Waals surface area (Å²) in [6.45, 7) is 3.65. The van der Waals surface area contributed by atoms with Crippen molar-refractivity contribution in [1.29, 1.82) is 5.26 Å². The summed E-state index contributed by atoms with van der Waals surface area (Å²) in [5, 5.41) is 9.02. The number of para-hydroxylation sites is 1. The van der Waals surface area contributed by atoms with Crippen molar-refractivity contribution in [3.05, 3.63) is 29.8 Å². The van der Waals surface area contributed by atoms with Crippen LogP contribution in [0.5, 0.6) is 5.75 Å². The van der Waals surface area contributed by atoms with E-state index in [0.29, 0.717) is 0 Å². The Kier molecular flexibility index (Phi) is 3.33. The summed E-state index contributed by atoms with van der Waals surface area (Å²) in [5.41, 5.74) is 6.32. The molecular weight excluding hydrogens is 188 g/mol. The van der Waals surface area contributed by atoms with E-state index in [2.05, 4.69) is 6.07 Å². The van der Waals surface area contributed by atoms with Crippen LogP contribution >= 0.6 is 0 Å². The van der Waals surface area contributed by atoms with Crippen LogP contribution in [0.2, 0.25) is 0 Å². The molecule has 0 aliphatic heterocycles. The van der Waals surface area contributed by atoms with Crippen molar-refractivity contribution in [2.75, 3.05) is 7.11 Å². The second-order valence-corrected chi connectivity index (χ2v) is 4.05. The molecule has 3 nitrogen and oxygen atoms in total. The molecule has 0 spiro atoms. The molecule has 0 fully saturated rings. The van der Waals surface area contributed by atoms with E-state index in [-0.39, 0.29) is 6.04 Å². The third-order valence-electron chi connectivity index (χ3n) is 2.54. The fourth-order valence-corrected chi connectivity index (χ4v) is 1.38. The van der Waals surface area contributed by atoms with Gasteiger partial charge in [0.2, 0.25) is 0 Å². The van der Waals surface area contributed by atoms with Crippen molar-refractivity contribution < 1.29 is 4.74 Å². The minimum atomic E-state index is -0.603. The molecule has 1 unspecified atom stereocenters. The molecule has 0 heterocycles. The van der Waals surface area contributed by atoms with Gasteiger partial charge in [0.15, 0.2) is 0 Å². The number of benzene rings is 1. The van der Waals surface area contributed by atoms with Crippen LogP contribution in [-0.4, -0.2) is 7.11 Å². The van der Waals surface area contributed by atoms with Crippen LogP contribution in [0.4, 0.5) is 0 Å². The highest BCUT2D eigenvalue weighted by Crippen LogP contribution is 2.35. The lowest BCUT2D eigenvalue weighted by Gasteiger charge is -2.25. The monoisotopic (exact) mass is 204 g/mol. The smallest absolute Gasteiger partial charge is 0.123 e. The fraction of sp³-hybridized carbons (Fsp3) is 0.417. The lowest BCUT2D eigenvalue weighted by atomic mass is 9.82. The van der Waals surface area contributed by atoms with E-state index in [0.717, 1.165) is 11.3 Å². The van der Waals surface area contributed by atoms with Crippen molar-refractivity contribution in [2.24, 2.45) is 11.1 Å². The summed E-state index contributed by atoms with van der Waals surface area (Å²) in [6, 6.07) is 9.38. The van der Waals surface area contributed by atoms with Gasteiger partial charge in [-0.05, 0) is 19.9 Å². The Labute approximate surface area is 90.5 Å². The molecule has 1 rings (SSSR count). The number of nitrogens with two attached hydrogens (primary N) is 1. The zero-order chi connectivity index (χ0) is 11.5. The molecule has 0 amide bonds. The maximum atomic E-state index is 9.02. The third kappa shape index (κ3) is 2.28. The molecule has 0 saturated heterocycles. The predicted octanol–water partition coefficient (Wildman–Crippen LogP) is 2.24. The standard InChI is InChI=1S/C12H16N2O/c1-12(2,8-13)11(14)9-6-4-5-7-10(9)15-3/h4-7,11H,14H2,1-3H3. The molecule has 80 valence electrons. The molecule has 0 radical (unpaired) electrons. The van der Waals surface area contributed by atoms with Crippen LogP contribution in [-0.2, 0) is 0 Å². The van der Waals surface area contributed by atoms with Gasteiger partial charge in [-0.25, -0.2) is 0 Å². The Morgan fingerprint density at radius 2 is 2.00 bits per heavy atom. The van der Waals surface area contributed by atoms with Crippen LogP contribution in [0.15, 0.2) is 24.3 Å². The number of nitriles is 1. The van der Waals surface area contributed by atoms with Crippen LogP contribution < -0.4 is 10.5 Å². The molecule has 1 atom stereocenters. The summed E-state index contributed by atoms with van der Waals surface area (Å²) in [5.74, 6) is 0.730. The van der Waals surface area contributed by atoms with Gasteiger partial charge in [-0.1, -0.05) is 18.2 Å². The summed E-state index contributed by atoms with van der Waals surface area (Å²) in [7, 11) is 1.60. The first kappa shape index (κ1) is 11.5. The van der Waals surface area contributed by atoms with Crippen molar-refractivity contribution in [1.82, 2.24) is 0 Å². The highest BCUT2D eigenvalue weighted by molar-refractivity contribution is 5.37. The highest BCUT2D eigenvalue weighted by atomic mass is 16.5. The van der Waals surface area contributed by atoms with Crippen molar-refractivity contribution in [3.8, 4) is 11.8 Å². The van der Waals surface area contributed by atoms with Gasteiger partial charge in [0.05, 0.1) is 24.6 Å². The van der Waals surface area contributed by atoms with Crippen LogP contribution in [0.25, 0.3) is 0 Å². The molecule has 1 aromatic rings. The van der Waals surface area contributed by atoms with Gasteiger partial charge in [0.1, 0.15) is 5.75 Å². The number of ether oxygens (including phenoxy) is 1. The first-order chi connectivity index (χ1) is 7.03. The topological polar surface area (TPSA) is 59.0 Å². The fourth-order valence-electron chi connectivity index (χ4n) is 1.38. The molecular formula is C12H16N2O. The van der Waals surface area contributed by atoms with Gasteiger partial charge in [-0.2, -0.15) is 5.26 Å². The largest absolute Gasteiger partial charge is 0.496 e. The zero-order valence-corrected chi connectivity index (χ0v) is 9.32. The lowest BCUT2D eigenvalue weighted by Crippen LogP contribution is -2.28. The van der Waals surface area contributed by atoms with E-state index in [1.54, 1.807) is 7.11 Å². The molecule has 15 heavy (non-hydrogen) atoms. The molecule has 1 aromatic carbocycles. The Hall–Kier alpha value is -1.53. The van der Waals surface area contributed by atoms with Gasteiger partial charge in [-0.3, -0.25) is 0 Å². The van der Waals surface area contributed by atoms with Crippen molar-refractivity contribution >= 4 is 0 Å².